The van der Waals surface area contributed by atoms with Crippen LogP contribution in [0.5, 0.6) is 0 Å². The number of aromatic carboxylic acids is 1. The van der Waals surface area contributed by atoms with Crippen molar-refractivity contribution in [3.63, 3.8) is 0 Å². The fourth-order valence-electron chi connectivity index (χ4n) is 3.07. The van der Waals surface area contributed by atoms with Crippen LogP contribution in [0.15, 0.2) is 12.1 Å². The molecule has 1 aliphatic rings. The van der Waals surface area contributed by atoms with E-state index in [0.29, 0.717) is 18.5 Å². The third-order valence-corrected chi connectivity index (χ3v) is 4.19. The molecule has 114 valence electrons. The lowest BCUT2D eigenvalue weighted by Crippen LogP contribution is -2.43. The molecule has 0 spiro atoms. The number of anilines is 2. The van der Waals surface area contributed by atoms with Gasteiger partial charge < -0.3 is 15.3 Å². The third-order valence-electron chi connectivity index (χ3n) is 4.19. The molecule has 1 aliphatic heterocycles. The van der Waals surface area contributed by atoms with Crippen LogP contribution in [0.2, 0.25) is 12.6 Å². The van der Waals surface area contributed by atoms with Gasteiger partial charge in [-0.1, -0.05) is 0 Å². The van der Waals surface area contributed by atoms with Gasteiger partial charge in [-0.05, 0) is 31.7 Å². The van der Waals surface area contributed by atoms with E-state index in [1.54, 1.807) is 13.1 Å². The van der Waals surface area contributed by atoms with Crippen molar-refractivity contribution in [2.24, 2.45) is 0 Å². The zero-order chi connectivity index (χ0) is 16.3. The van der Waals surface area contributed by atoms with Crippen molar-refractivity contribution in [3.8, 4) is 5.97 Å². The molecule has 6 nitrogen and oxygen atoms in total. The maximum absolute atomic E-state index is 11.4. The number of nitrogens with zero attached hydrogens (tertiary/aromatic N) is 2. The van der Waals surface area contributed by atoms with Gasteiger partial charge in [0, 0.05) is 25.6 Å². The first-order chi connectivity index (χ1) is 10.5. The molecule has 0 radical (unpaired) electrons. The highest BCUT2D eigenvalue weighted by Gasteiger charge is 2.30. The molecule has 0 aliphatic carbocycles. The molecule has 7 heteroatoms. The van der Waals surface area contributed by atoms with Crippen LogP contribution in [-0.2, 0) is 0 Å². The Bertz CT molecular complexity index is 642. The summed E-state index contributed by atoms with van der Waals surface area (Å²) in [5.74, 6) is 1.18. The van der Waals surface area contributed by atoms with Gasteiger partial charge in [0.05, 0.1) is 22.5 Å². The van der Waals surface area contributed by atoms with Crippen molar-refractivity contribution >= 4 is 30.3 Å². The maximum atomic E-state index is 11.4. The van der Waals surface area contributed by atoms with Gasteiger partial charge in [-0.3, -0.25) is 4.79 Å². The number of hydrogen-bond acceptors (Lipinski definition) is 5. The zero-order valence-electron chi connectivity index (χ0n) is 12.7. The molecule has 22 heavy (non-hydrogen) atoms. The molecule has 1 aromatic rings. The van der Waals surface area contributed by atoms with Crippen LogP contribution in [0.4, 0.5) is 11.4 Å². The number of benzene rings is 1. The summed E-state index contributed by atoms with van der Waals surface area (Å²) in [6.07, 6.45) is 2.10. The molecule has 1 unspecified atom stereocenters. The zero-order valence-corrected chi connectivity index (χ0v) is 12.7. The second-order valence-corrected chi connectivity index (χ2v) is 5.49. The summed E-state index contributed by atoms with van der Waals surface area (Å²) in [6, 6.07) is 3.34. The molecule has 1 fully saturated rings. The first kappa shape index (κ1) is 15.9. The topological polar surface area (TPSA) is 93.4 Å². The van der Waals surface area contributed by atoms with E-state index in [4.69, 9.17) is 5.26 Å². The number of nitriles is 1. The van der Waals surface area contributed by atoms with Crippen molar-refractivity contribution in [1.29, 1.82) is 5.26 Å². The first-order valence-electron chi connectivity index (χ1n) is 7.23. The summed E-state index contributed by atoms with van der Waals surface area (Å²) in [6.45, 7) is 2.79. The molecule has 1 aromatic carbocycles. The Morgan fingerprint density at radius 3 is 2.82 bits per heavy atom. The Kier molecular flexibility index (Phi) is 4.71. The van der Waals surface area contributed by atoms with Gasteiger partial charge in [-0.2, -0.15) is 0 Å². The molecule has 0 bridgehead atoms. The largest absolute Gasteiger partial charge is 0.478 e. The summed E-state index contributed by atoms with van der Waals surface area (Å²) in [4.78, 5) is 24.7. The summed E-state index contributed by atoms with van der Waals surface area (Å²) >= 11 is 0. The Hall–Kier alpha value is -2.49. The van der Waals surface area contributed by atoms with Crippen LogP contribution in [0.25, 0.3) is 0 Å². The SMILES string of the molecule is CNc1c(N2CCB(C#N)CC2C)ccc(C(=O)O)c1C=O. The number of nitrogens with one attached hydrogen (secondary N) is 1. The van der Waals surface area contributed by atoms with E-state index in [9.17, 15) is 14.7 Å². The molecular formula is C15H18BN3O3. The van der Waals surface area contributed by atoms with Gasteiger partial charge in [0.2, 0.25) is 0 Å². The minimum Gasteiger partial charge on any atom is -0.478 e. The quantitative estimate of drug-likeness (QED) is 0.652. The number of aldehydes is 1. The Balaban J connectivity index is 2.46. The van der Waals surface area contributed by atoms with Crippen molar-refractivity contribution in [2.75, 3.05) is 23.8 Å². The highest BCUT2D eigenvalue weighted by molar-refractivity contribution is 6.67. The first-order valence-corrected chi connectivity index (χ1v) is 7.23. The lowest BCUT2D eigenvalue weighted by Gasteiger charge is -2.37. The van der Waals surface area contributed by atoms with Crippen LogP contribution in [0.1, 0.15) is 27.6 Å². The van der Waals surface area contributed by atoms with Crippen LogP contribution < -0.4 is 10.2 Å². The van der Waals surface area contributed by atoms with Gasteiger partial charge >= 0.3 is 5.97 Å². The number of rotatable bonds is 4. The summed E-state index contributed by atoms with van der Waals surface area (Å²) in [7, 11) is 1.67. The molecule has 0 amide bonds. The van der Waals surface area contributed by atoms with Gasteiger partial charge in [0.25, 0.3) is 6.71 Å². The second-order valence-electron chi connectivity index (χ2n) is 5.49. The van der Waals surface area contributed by atoms with E-state index in [2.05, 4.69) is 16.2 Å². The van der Waals surface area contributed by atoms with Crippen molar-refractivity contribution in [3.05, 3.63) is 23.3 Å². The molecule has 1 heterocycles. The average Bonchev–Trinajstić information content (AvgIpc) is 2.52. The van der Waals surface area contributed by atoms with E-state index in [1.807, 2.05) is 6.92 Å². The second kappa shape index (κ2) is 6.52. The Morgan fingerprint density at radius 1 is 1.59 bits per heavy atom. The van der Waals surface area contributed by atoms with Crippen LogP contribution >= 0.6 is 0 Å². The fourth-order valence-corrected chi connectivity index (χ4v) is 3.07. The smallest absolute Gasteiger partial charge is 0.336 e. The van der Waals surface area contributed by atoms with E-state index in [1.165, 1.54) is 6.07 Å². The van der Waals surface area contributed by atoms with Crippen LogP contribution in [0.3, 0.4) is 0 Å². The molecule has 2 N–H and O–H groups in total. The fraction of sp³-hybridized carbons (Fsp3) is 0.400. The number of hydrogen-bond donors (Lipinski definition) is 2. The number of carbonyl (C=O) groups is 2. The van der Waals surface area contributed by atoms with Gasteiger partial charge in [-0.25, -0.2) is 10.1 Å². The Morgan fingerprint density at radius 2 is 2.32 bits per heavy atom. The number of carbonyl (C=O) groups excluding carboxylic acids is 1. The van der Waals surface area contributed by atoms with Crippen molar-refractivity contribution in [2.45, 2.75) is 25.6 Å². The van der Waals surface area contributed by atoms with Gasteiger partial charge in [0.1, 0.15) is 0 Å². The highest BCUT2D eigenvalue weighted by atomic mass is 16.4. The minimum absolute atomic E-state index is 0.0114. The van der Waals surface area contributed by atoms with Crippen LogP contribution in [0, 0.1) is 11.2 Å². The van der Waals surface area contributed by atoms with Gasteiger partial charge in [-0.15, -0.1) is 0 Å². The number of carboxylic acid groups (broad SMARTS) is 1. The monoisotopic (exact) mass is 299 g/mol. The van der Waals surface area contributed by atoms with Crippen molar-refractivity contribution < 1.29 is 14.7 Å². The standard InChI is InChI=1S/C15H18BN3O3/c1-10-7-16(9-17)5-6-19(10)13-4-3-11(15(21)22)12(8-20)14(13)18-2/h3-4,8,10,18H,5-7H2,1-2H3,(H,21,22). The molecule has 0 aromatic heterocycles. The Labute approximate surface area is 129 Å². The van der Waals surface area contributed by atoms with E-state index in [-0.39, 0.29) is 23.9 Å². The third kappa shape index (κ3) is 2.77. The predicted molar refractivity (Wildman–Crippen MR) is 86.1 cm³/mol. The van der Waals surface area contributed by atoms with E-state index >= 15 is 0 Å². The molecular weight excluding hydrogens is 281 g/mol. The molecule has 1 atom stereocenters. The van der Waals surface area contributed by atoms with E-state index < -0.39 is 5.97 Å². The highest BCUT2D eigenvalue weighted by Crippen LogP contribution is 2.35. The predicted octanol–water partition coefficient (Wildman–Crippen LogP) is 2.01. The lowest BCUT2D eigenvalue weighted by atomic mass is 9.43. The van der Waals surface area contributed by atoms with Crippen molar-refractivity contribution in [1.82, 2.24) is 0 Å². The minimum atomic E-state index is -1.12. The average molecular weight is 299 g/mol. The summed E-state index contributed by atoms with van der Waals surface area (Å²) in [5.41, 5.74) is 1.47. The van der Waals surface area contributed by atoms with Crippen LogP contribution in [-0.4, -0.2) is 43.7 Å². The molecule has 2 rings (SSSR count). The van der Waals surface area contributed by atoms with Gasteiger partial charge in [0.15, 0.2) is 6.29 Å². The normalized spacial score (nSPS) is 17.8. The summed E-state index contributed by atoms with van der Waals surface area (Å²) in [5, 5.41) is 21.2. The molecule has 0 saturated carbocycles. The molecule has 1 saturated heterocycles. The lowest BCUT2D eigenvalue weighted by molar-refractivity contribution is 0.0694. The van der Waals surface area contributed by atoms with E-state index in [0.717, 1.165) is 18.3 Å². The summed E-state index contributed by atoms with van der Waals surface area (Å²) < 4.78 is 0. The number of carboxylic acids is 1. The maximum Gasteiger partial charge on any atom is 0.336 e.